The van der Waals surface area contributed by atoms with E-state index in [0.29, 0.717) is 41.5 Å². The van der Waals surface area contributed by atoms with Gasteiger partial charge in [-0.2, -0.15) is 0 Å². The van der Waals surface area contributed by atoms with Crippen LogP contribution in [0.2, 0.25) is 0 Å². The van der Waals surface area contributed by atoms with Crippen molar-refractivity contribution in [2.45, 2.75) is 12.0 Å². The molecule has 29 heavy (non-hydrogen) atoms. The lowest BCUT2D eigenvalue weighted by Gasteiger charge is -2.33. The molecule has 0 saturated carbocycles. The SMILES string of the molecule is O=C(CN1C(=O)N[C@]2(CCOc3ccccc32)C1=O)Nc1ccc2c(c1)OCO2. The van der Waals surface area contributed by atoms with E-state index < -0.39 is 29.9 Å². The number of para-hydroxylation sites is 1. The highest BCUT2D eigenvalue weighted by Gasteiger charge is 2.55. The molecule has 0 bridgehead atoms. The molecule has 0 aromatic heterocycles. The number of nitrogens with one attached hydrogen (secondary N) is 2. The van der Waals surface area contributed by atoms with Crippen LogP contribution in [0.5, 0.6) is 17.2 Å². The molecule has 2 aromatic carbocycles. The van der Waals surface area contributed by atoms with Crippen LogP contribution >= 0.6 is 0 Å². The Morgan fingerprint density at radius 3 is 2.79 bits per heavy atom. The molecule has 1 atom stereocenters. The van der Waals surface area contributed by atoms with E-state index in [1.54, 1.807) is 42.5 Å². The third-order valence-electron chi connectivity index (χ3n) is 5.22. The highest BCUT2D eigenvalue weighted by Crippen LogP contribution is 2.41. The standard InChI is InChI=1S/C20H17N3O6/c24-17(21-12-5-6-15-16(9-12)29-11-28-15)10-23-18(25)20(22-19(23)26)7-8-27-14-4-2-1-3-13(14)20/h1-6,9H,7-8,10-11H2,(H,21,24)(H,22,26)/t20-/m0/s1. The lowest BCUT2D eigenvalue weighted by atomic mass is 9.84. The Balaban J connectivity index is 1.34. The molecule has 3 aliphatic rings. The van der Waals surface area contributed by atoms with Crippen LogP contribution in [0, 0.1) is 0 Å². The Bertz CT molecular complexity index is 1040. The third-order valence-corrected chi connectivity index (χ3v) is 5.22. The number of benzene rings is 2. The van der Waals surface area contributed by atoms with E-state index in [-0.39, 0.29) is 6.79 Å². The van der Waals surface area contributed by atoms with E-state index in [1.807, 2.05) is 0 Å². The number of rotatable bonds is 3. The second-order valence-corrected chi connectivity index (χ2v) is 6.94. The molecular weight excluding hydrogens is 378 g/mol. The van der Waals surface area contributed by atoms with Gasteiger partial charge in [-0.15, -0.1) is 0 Å². The highest BCUT2D eigenvalue weighted by molar-refractivity contribution is 6.10. The van der Waals surface area contributed by atoms with E-state index in [0.717, 1.165) is 4.90 Å². The van der Waals surface area contributed by atoms with Gasteiger partial charge in [0.05, 0.1) is 6.61 Å². The Morgan fingerprint density at radius 2 is 1.90 bits per heavy atom. The minimum absolute atomic E-state index is 0.127. The number of imide groups is 1. The van der Waals surface area contributed by atoms with E-state index in [4.69, 9.17) is 14.2 Å². The van der Waals surface area contributed by atoms with Crippen molar-refractivity contribution < 1.29 is 28.6 Å². The van der Waals surface area contributed by atoms with E-state index in [2.05, 4.69) is 10.6 Å². The number of anilines is 1. The van der Waals surface area contributed by atoms with Crippen molar-refractivity contribution in [2.75, 3.05) is 25.3 Å². The van der Waals surface area contributed by atoms with Crippen molar-refractivity contribution in [2.24, 2.45) is 0 Å². The van der Waals surface area contributed by atoms with E-state index in [9.17, 15) is 14.4 Å². The van der Waals surface area contributed by atoms with Crippen LogP contribution < -0.4 is 24.8 Å². The summed E-state index contributed by atoms with van der Waals surface area (Å²) >= 11 is 0. The molecule has 1 saturated heterocycles. The largest absolute Gasteiger partial charge is 0.493 e. The smallest absolute Gasteiger partial charge is 0.325 e. The van der Waals surface area contributed by atoms with Crippen LogP contribution in [0.1, 0.15) is 12.0 Å². The second kappa shape index (κ2) is 6.40. The fourth-order valence-electron chi connectivity index (χ4n) is 3.83. The summed E-state index contributed by atoms with van der Waals surface area (Å²) in [7, 11) is 0. The number of hydrogen-bond acceptors (Lipinski definition) is 6. The summed E-state index contributed by atoms with van der Waals surface area (Å²) in [4.78, 5) is 39.1. The Labute approximate surface area is 165 Å². The number of carbonyl (C=O) groups is 3. The first kappa shape index (κ1) is 17.4. The zero-order valence-electron chi connectivity index (χ0n) is 15.3. The Morgan fingerprint density at radius 1 is 1.07 bits per heavy atom. The van der Waals surface area contributed by atoms with Gasteiger partial charge in [0.15, 0.2) is 17.0 Å². The van der Waals surface area contributed by atoms with Crippen molar-refractivity contribution in [3.63, 3.8) is 0 Å². The predicted octanol–water partition coefficient (Wildman–Crippen LogP) is 1.58. The molecule has 5 rings (SSSR count). The molecule has 9 heteroatoms. The lowest BCUT2D eigenvalue weighted by molar-refractivity contribution is -0.135. The molecule has 148 valence electrons. The first-order chi connectivity index (χ1) is 14.1. The number of urea groups is 1. The summed E-state index contributed by atoms with van der Waals surface area (Å²) < 4.78 is 16.1. The van der Waals surface area contributed by atoms with Crippen LogP contribution in [0.25, 0.3) is 0 Å². The van der Waals surface area contributed by atoms with Crippen LogP contribution in [0.15, 0.2) is 42.5 Å². The monoisotopic (exact) mass is 395 g/mol. The number of hydrogen-bond donors (Lipinski definition) is 2. The van der Waals surface area contributed by atoms with Gasteiger partial charge in [-0.05, 0) is 18.2 Å². The van der Waals surface area contributed by atoms with Crippen LogP contribution in [-0.2, 0) is 15.1 Å². The van der Waals surface area contributed by atoms with Crippen LogP contribution in [-0.4, -0.2) is 42.7 Å². The van der Waals surface area contributed by atoms with Crippen molar-refractivity contribution in [3.05, 3.63) is 48.0 Å². The summed E-state index contributed by atoms with van der Waals surface area (Å²) in [5, 5.41) is 5.45. The molecule has 0 unspecified atom stereocenters. The number of ether oxygens (including phenoxy) is 3. The van der Waals surface area contributed by atoms with Crippen molar-refractivity contribution in [3.8, 4) is 17.2 Å². The maximum absolute atomic E-state index is 13.2. The van der Waals surface area contributed by atoms with E-state index >= 15 is 0 Å². The van der Waals surface area contributed by atoms with Gasteiger partial charge in [0.2, 0.25) is 12.7 Å². The fourth-order valence-corrected chi connectivity index (χ4v) is 3.83. The van der Waals surface area contributed by atoms with Gasteiger partial charge in [-0.25, -0.2) is 4.79 Å². The van der Waals surface area contributed by atoms with Crippen LogP contribution in [0.3, 0.4) is 0 Å². The first-order valence-electron chi connectivity index (χ1n) is 9.13. The lowest BCUT2D eigenvalue weighted by Crippen LogP contribution is -2.48. The van der Waals surface area contributed by atoms with Gasteiger partial charge in [-0.3, -0.25) is 14.5 Å². The molecule has 4 amide bonds. The quantitative estimate of drug-likeness (QED) is 0.765. The van der Waals surface area contributed by atoms with Crippen LogP contribution in [0.4, 0.5) is 10.5 Å². The number of fused-ring (bicyclic) bond motifs is 3. The summed E-state index contributed by atoms with van der Waals surface area (Å²) in [6.45, 7) is 0.0204. The Hall–Kier alpha value is -3.75. The molecule has 0 aliphatic carbocycles. The Kier molecular flexibility index (Phi) is 3.83. The van der Waals surface area contributed by atoms with Gasteiger partial charge in [-0.1, -0.05) is 18.2 Å². The maximum Gasteiger partial charge on any atom is 0.325 e. The molecular formula is C20H17N3O6. The zero-order chi connectivity index (χ0) is 20.0. The molecule has 2 aromatic rings. The van der Waals surface area contributed by atoms with Gasteiger partial charge >= 0.3 is 6.03 Å². The topological polar surface area (TPSA) is 106 Å². The van der Waals surface area contributed by atoms with Gasteiger partial charge in [0.25, 0.3) is 5.91 Å². The third kappa shape index (κ3) is 2.74. The van der Waals surface area contributed by atoms with Gasteiger partial charge in [0.1, 0.15) is 12.3 Å². The molecule has 3 aliphatic heterocycles. The highest BCUT2D eigenvalue weighted by atomic mass is 16.7. The normalized spacial score (nSPS) is 21.6. The molecule has 2 N–H and O–H groups in total. The molecule has 1 fully saturated rings. The number of nitrogens with zero attached hydrogens (tertiary/aromatic N) is 1. The molecule has 9 nitrogen and oxygen atoms in total. The summed E-state index contributed by atoms with van der Waals surface area (Å²) in [5.74, 6) is 0.718. The maximum atomic E-state index is 13.2. The first-order valence-corrected chi connectivity index (χ1v) is 9.13. The summed E-state index contributed by atoms with van der Waals surface area (Å²) in [6, 6.07) is 11.5. The average molecular weight is 395 g/mol. The van der Waals surface area contributed by atoms with Crippen molar-refractivity contribution >= 4 is 23.5 Å². The van der Waals surface area contributed by atoms with Crippen molar-refractivity contribution in [1.82, 2.24) is 10.2 Å². The van der Waals surface area contributed by atoms with Gasteiger partial charge < -0.3 is 24.8 Å². The summed E-state index contributed by atoms with van der Waals surface area (Å²) in [6.07, 6.45) is 0.300. The molecule has 3 heterocycles. The average Bonchev–Trinajstić information content (AvgIpc) is 3.27. The molecule has 1 spiro atoms. The zero-order valence-corrected chi connectivity index (χ0v) is 15.3. The number of amides is 4. The second-order valence-electron chi connectivity index (χ2n) is 6.94. The minimum atomic E-state index is -1.20. The predicted molar refractivity (Wildman–Crippen MR) is 99.7 cm³/mol. The number of carbonyl (C=O) groups excluding carboxylic acids is 3. The fraction of sp³-hybridized carbons (Fsp3) is 0.250. The van der Waals surface area contributed by atoms with Crippen molar-refractivity contribution in [1.29, 1.82) is 0 Å². The summed E-state index contributed by atoms with van der Waals surface area (Å²) in [5.41, 5.74) is -0.119. The minimum Gasteiger partial charge on any atom is -0.493 e. The van der Waals surface area contributed by atoms with E-state index in [1.165, 1.54) is 0 Å². The molecule has 0 radical (unpaired) electrons. The van der Waals surface area contributed by atoms with Gasteiger partial charge in [0, 0.05) is 23.7 Å².